The average molecular weight is 265 g/mol. The number of ether oxygens (including phenoxy) is 1. The van der Waals surface area contributed by atoms with Gasteiger partial charge in [0.2, 0.25) is 0 Å². The van der Waals surface area contributed by atoms with Crippen LogP contribution >= 0.6 is 12.2 Å². The predicted octanol–water partition coefficient (Wildman–Crippen LogP) is 3.77. The van der Waals surface area contributed by atoms with Crippen molar-refractivity contribution in [2.45, 2.75) is 40.5 Å². The van der Waals surface area contributed by atoms with Crippen LogP contribution in [-0.4, -0.2) is 11.6 Å². The second-order valence-corrected chi connectivity index (χ2v) is 5.89. The van der Waals surface area contributed by atoms with Crippen LogP contribution in [0.3, 0.4) is 0 Å². The van der Waals surface area contributed by atoms with Crippen LogP contribution in [0.2, 0.25) is 0 Å². The molecular formula is C15H23NOS. The Hall–Kier alpha value is -1.09. The molecule has 0 aliphatic rings. The van der Waals surface area contributed by atoms with E-state index in [1.807, 2.05) is 6.07 Å². The molecule has 100 valence electrons. The molecule has 1 aromatic rings. The third-order valence-corrected chi connectivity index (χ3v) is 3.91. The highest BCUT2D eigenvalue weighted by Crippen LogP contribution is 2.23. The lowest BCUT2D eigenvalue weighted by atomic mass is 9.88. The molecule has 1 aromatic carbocycles. The minimum Gasteiger partial charge on any atom is -0.494 e. The van der Waals surface area contributed by atoms with Gasteiger partial charge in [-0.15, -0.1) is 0 Å². The minimum absolute atomic E-state index is 0.0815. The van der Waals surface area contributed by atoms with Crippen molar-refractivity contribution in [2.24, 2.45) is 11.1 Å². The first-order valence-electron chi connectivity index (χ1n) is 6.33. The Labute approximate surface area is 116 Å². The van der Waals surface area contributed by atoms with Crippen molar-refractivity contribution in [3.8, 4) is 5.75 Å². The second-order valence-electron chi connectivity index (χ2n) is 5.45. The number of nitrogens with two attached hydrogens (primary N) is 1. The van der Waals surface area contributed by atoms with Gasteiger partial charge < -0.3 is 10.5 Å². The Kier molecular flexibility index (Phi) is 5.15. The fourth-order valence-corrected chi connectivity index (χ4v) is 1.73. The molecule has 0 amide bonds. The van der Waals surface area contributed by atoms with E-state index in [1.54, 1.807) is 0 Å². The van der Waals surface area contributed by atoms with Crippen LogP contribution in [0.15, 0.2) is 18.2 Å². The van der Waals surface area contributed by atoms with E-state index in [0.717, 1.165) is 18.6 Å². The molecule has 0 aliphatic carbocycles. The van der Waals surface area contributed by atoms with E-state index in [0.29, 0.717) is 11.6 Å². The van der Waals surface area contributed by atoms with Crippen LogP contribution in [0.25, 0.3) is 0 Å². The van der Waals surface area contributed by atoms with Crippen molar-refractivity contribution >= 4 is 17.2 Å². The second kappa shape index (κ2) is 6.19. The highest BCUT2D eigenvalue weighted by Gasteiger charge is 2.20. The van der Waals surface area contributed by atoms with E-state index in [2.05, 4.69) is 39.8 Å². The number of hydrogen-bond donors (Lipinski definition) is 1. The van der Waals surface area contributed by atoms with Crippen molar-refractivity contribution in [1.82, 2.24) is 0 Å². The normalized spacial score (nSPS) is 11.3. The maximum atomic E-state index is 5.73. The molecule has 0 heterocycles. The van der Waals surface area contributed by atoms with Crippen LogP contribution in [-0.2, 0) is 0 Å². The van der Waals surface area contributed by atoms with Gasteiger partial charge in [-0.2, -0.15) is 0 Å². The Morgan fingerprint density at radius 1 is 1.28 bits per heavy atom. The summed E-state index contributed by atoms with van der Waals surface area (Å²) in [5.41, 5.74) is 8.16. The molecule has 1 rings (SSSR count). The first-order chi connectivity index (χ1) is 8.33. The molecule has 0 atom stereocenters. The zero-order valence-corrected chi connectivity index (χ0v) is 12.6. The number of benzene rings is 1. The minimum atomic E-state index is -0.0815. The summed E-state index contributed by atoms with van der Waals surface area (Å²) >= 11 is 5.04. The smallest absolute Gasteiger partial charge is 0.119 e. The summed E-state index contributed by atoms with van der Waals surface area (Å²) in [7, 11) is 0. The molecule has 3 heteroatoms. The zero-order valence-electron chi connectivity index (χ0n) is 11.7. The summed E-state index contributed by atoms with van der Waals surface area (Å²) in [5, 5.41) is 0. The van der Waals surface area contributed by atoms with Gasteiger partial charge in [-0.05, 0) is 49.9 Å². The summed E-state index contributed by atoms with van der Waals surface area (Å²) in [5.74, 6) is 0.936. The molecule has 2 N–H and O–H groups in total. The van der Waals surface area contributed by atoms with E-state index in [9.17, 15) is 0 Å². The van der Waals surface area contributed by atoms with E-state index in [-0.39, 0.29) is 5.41 Å². The fraction of sp³-hybridized carbons (Fsp3) is 0.533. The summed E-state index contributed by atoms with van der Waals surface area (Å²) in [4.78, 5) is 0.577. The maximum absolute atomic E-state index is 5.73. The summed E-state index contributed by atoms with van der Waals surface area (Å²) in [6.45, 7) is 9.05. The zero-order chi connectivity index (χ0) is 13.8. The summed E-state index contributed by atoms with van der Waals surface area (Å²) in [6, 6.07) is 6.18. The van der Waals surface area contributed by atoms with Crippen molar-refractivity contribution in [3.63, 3.8) is 0 Å². The predicted molar refractivity (Wildman–Crippen MR) is 81.2 cm³/mol. The highest BCUT2D eigenvalue weighted by molar-refractivity contribution is 7.80. The standard InChI is InChI=1S/C15H23NOS/c1-11-6-7-13(10-12(11)2)17-9-5-8-15(3,4)14(16)18/h6-7,10H,5,8-9H2,1-4H3,(H2,16,18). The molecule has 0 aromatic heterocycles. The Bertz CT molecular complexity index is 427. The third kappa shape index (κ3) is 4.30. The van der Waals surface area contributed by atoms with Crippen molar-refractivity contribution in [2.75, 3.05) is 6.61 Å². The molecule has 0 aliphatic heterocycles. The Morgan fingerprint density at radius 3 is 2.50 bits per heavy atom. The molecule has 0 fully saturated rings. The molecule has 0 saturated carbocycles. The van der Waals surface area contributed by atoms with Crippen LogP contribution < -0.4 is 10.5 Å². The van der Waals surface area contributed by atoms with E-state index in [1.165, 1.54) is 11.1 Å². The molecule has 0 saturated heterocycles. The van der Waals surface area contributed by atoms with E-state index >= 15 is 0 Å². The van der Waals surface area contributed by atoms with Gasteiger partial charge >= 0.3 is 0 Å². The van der Waals surface area contributed by atoms with Gasteiger partial charge in [0.15, 0.2) is 0 Å². The Morgan fingerprint density at radius 2 is 1.94 bits per heavy atom. The molecule has 0 radical (unpaired) electrons. The van der Waals surface area contributed by atoms with Gasteiger partial charge in [0.1, 0.15) is 5.75 Å². The van der Waals surface area contributed by atoms with Crippen LogP contribution in [0, 0.1) is 19.3 Å². The topological polar surface area (TPSA) is 35.2 Å². The first-order valence-corrected chi connectivity index (χ1v) is 6.74. The van der Waals surface area contributed by atoms with Gasteiger partial charge in [-0.3, -0.25) is 0 Å². The third-order valence-electron chi connectivity index (χ3n) is 3.36. The van der Waals surface area contributed by atoms with Gasteiger partial charge in [0, 0.05) is 5.41 Å². The molecule has 0 spiro atoms. The van der Waals surface area contributed by atoms with Crippen molar-refractivity contribution in [3.05, 3.63) is 29.3 Å². The average Bonchev–Trinajstić information content (AvgIpc) is 2.29. The summed E-state index contributed by atoms with van der Waals surface area (Å²) in [6.07, 6.45) is 1.91. The van der Waals surface area contributed by atoms with E-state index < -0.39 is 0 Å². The number of rotatable bonds is 6. The molecular weight excluding hydrogens is 242 g/mol. The van der Waals surface area contributed by atoms with Crippen LogP contribution in [0.1, 0.15) is 37.8 Å². The number of thiocarbonyl (C=S) groups is 1. The van der Waals surface area contributed by atoms with Gasteiger partial charge in [0.05, 0.1) is 11.6 Å². The fourth-order valence-electron chi connectivity index (χ4n) is 1.63. The van der Waals surface area contributed by atoms with Gasteiger partial charge in [-0.25, -0.2) is 0 Å². The Balaban J connectivity index is 2.38. The van der Waals surface area contributed by atoms with E-state index in [4.69, 9.17) is 22.7 Å². The van der Waals surface area contributed by atoms with Crippen molar-refractivity contribution in [1.29, 1.82) is 0 Å². The summed E-state index contributed by atoms with van der Waals surface area (Å²) < 4.78 is 5.73. The lowest BCUT2D eigenvalue weighted by Gasteiger charge is -2.22. The number of hydrogen-bond acceptors (Lipinski definition) is 2. The maximum Gasteiger partial charge on any atom is 0.119 e. The lowest BCUT2D eigenvalue weighted by molar-refractivity contribution is 0.287. The first kappa shape index (κ1) is 15.0. The van der Waals surface area contributed by atoms with Crippen molar-refractivity contribution < 1.29 is 4.74 Å². The molecule has 2 nitrogen and oxygen atoms in total. The molecule has 18 heavy (non-hydrogen) atoms. The van der Waals surface area contributed by atoms with Gasteiger partial charge in [-0.1, -0.05) is 32.1 Å². The van der Waals surface area contributed by atoms with Gasteiger partial charge in [0.25, 0.3) is 0 Å². The highest BCUT2D eigenvalue weighted by atomic mass is 32.1. The SMILES string of the molecule is Cc1ccc(OCCCC(C)(C)C(N)=S)cc1C. The monoisotopic (exact) mass is 265 g/mol. The van der Waals surface area contributed by atoms with Crippen LogP contribution in [0.5, 0.6) is 5.75 Å². The number of aryl methyl sites for hydroxylation is 2. The molecule has 0 bridgehead atoms. The quantitative estimate of drug-likeness (QED) is 0.628. The molecule has 0 unspecified atom stereocenters. The van der Waals surface area contributed by atoms with Crippen LogP contribution in [0.4, 0.5) is 0 Å². The lowest BCUT2D eigenvalue weighted by Crippen LogP contribution is -2.30. The largest absolute Gasteiger partial charge is 0.494 e.